The lowest BCUT2D eigenvalue weighted by Gasteiger charge is -2.08. The van der Waals surface area contributed by atoms with E-state index in [4.69, 9.17) is 5.11 Å². The lowest BCUT2D eigenvalue weighted by molar-refractivity contribution is -0.136. The molecule has 1 aromatic carbocycles. The van der Waals surface area contributed by atoms with Crippen LogP contribution < -0.4 is 0 Å². The highest BCUT2D eigenvalue weighted by molar-refractivity contribution is 7.99. The number of rotatable bonds is 5. The second-order valence-electron chi connectivity index (χ2n) is 3.46. The van der Waals surface area contributed by atoms with Gasteiger partial charge in [-0.2, -0.15) is 11.8 Å². The third kappa shape index (κ3) is 4.18. The molecule has 1 unspecified atom stereocenters. The Hall–Kier alpha value is -1.10. The second-order valence-corrected chi connectivity index (χ2v) is 4.88. The van der Waals surface area contributed by atoms with E-state index in [1.54, 1.807) is 6.92 Å². The Morgan fingerprint density at radius 1 is 1.50 bits per heavy atom. The van der Waals surface area contributed by atoms with Gasteiger partial charge in [-0.3, -0.25) is 4.79 Å². The van der Waals surface area contributed by atoms with Crippen molar-refractivity contribution in [2.45, 2.75) is 24.3 Å². The summed E-state index contributed by atoms with van der Waals surface area (Å²) in [5, 5.41) is 8.44. The van der Waals surface area contributed by atoms with Crippen LogP contribution in [-0.4, -0.2) is 16.3 Å². The van der Waals surface area contributed by atoms with Crippen LogP contribution in [0.4, 0.5) is 8.78 Å². The molecule has 0 saturated heterocycles. The van der Waals surface area contributed by atoms with Gasteiger partial charge in [0.15, 0.2) is 0 Å². The molecule has 0 amide bonds. The third-order valence-electron chi connectivity index (χ3n) is 2.00. The van der Waals surface area contributed by atoms with E-state index in [1.165, 1.54) is 23.9 Å². The van der Waals surface area contributed by atoms with E-state index in [0.29, 0.717) is 11.3 Å². The lowest BCUT2D eigenvalue weighted by atomic mass is 10.2. The molecule has 0 heterocycles. The highest BCUT2D eigenvalue weighted by Crippen LogP contribution is 2.22. The molecule has 0 aliphatic heterocycles. The highest BCUT2D eigenvalue weighted by Gasteiger charge is 2.10. The molecule has 0 bridgehead atoms. The molecule has 0 spiro atoms. The summed E-state index contributed by atoms with van der Waals surface area (Å²) in [6.07, 6.45) is 0.0352. The summed E-state index contributed by atoms with van der Waals surface area (Å²) < 4.78 is 25.8. The Kier molecular flexibility index (Phi) is 4.73. The smallest absolute Gasteiger partial charge is 0.304 e. The van der Waals surface area contributed by atoms with Gasteiger partial charge in [-0.15, -0.1) is 0 Å². The van der Waals surface area contributed by atoms with Gasteiger partial charge < -0.3 is 5.11 Å². The monoisotopic (exact) mass is 246 g/mol. The van der Waals surface area contributed by atoms with Crippen LogP contribution >= 0.6 is 11.8 Å². The van der Waals surface area contributed by atoms with Gasteiger partial charge in [0.1, 0.15) is 11.6 Å². The Bertz CT molecular complexity index is 382. The molecule has 16 heavy (non-hydrogen) atoms. The van der Waals surface area contributed by atoms with Crippen molar-refractivity contribution in [1.29, 1.82) is 0 Å². The van der Waals surface area contributed by atoms with Crippen LogP contribution in [0.2, 0.25) is 0 Å². The largest absolute Gasteiger partial charge is 0.481 e. The zero-order valence-corrected chi connectivity index (χ0v) is 9.56. The fraction of sp³-hybridized carbons (Fsp3) is 0.364. The summed E-state index contributed by atoms with van der Waals surface area (Å²) in [5.41, 5.74) is 0.392. The number of carboxylic acid groups (broad SMARTS) is 1. The first-order valence-corrected chi connectivity index (χ1v) is 5.81. The van der Waals surface area contributed by atoms with E-state index in [-0.39, 0.29) is 11.7 Å². The predicted octanol–water partition coefficient (Wildman–Crippen LogP) is 3.06. The summed E-state index contributed by atoms with van der Waals surface area (Å²) in [5.74, 6) is -1.72. The fourth-order valence-electron chi connectivity index (χ4n) is 1.18. The number of halogens is 2. The van der Waals surface area contributed by atoms with Crippen molar-refractivity contribution in [1.82, 2.24) is 0 Å². The number of benzene rings is 1. The van der Waals surface area contributed by atoms with Crippen molar-refractivity contribution in [3.63, 3.8) is 0 Å². The molecule has 88 valence electrons. The third-order valence-corrected chi connectivity index (χ3v) is 3.21. The fourth-order valence-corrected chi connectivity index (χ4v) is 2.13. The standard InChI is InChI=1S/C11H12F2O2S/c1-7(4-11(14)15)16-6-8-2-3-9(12)5-10(8)13/h2-3,5,7H,4,6H2,1H3,(H,14,15). The van der Waals surface area contributed by atoms with Crippen molar-refractivity contribution in [2.75, 3.05) is 0 Å². The number of carbonyl (C=O) groups is 1. The zero-order valence-electron chi connectivity index (χ0n) is 8.74. The van der Waals surface area contributed by atoms with Crippen LogP contribution in [-0.2, 0) is 10.5 Å². The van der Waals surface area contributed by atoms with Crippen LogP contribution in [0.1, 0.15) is 18.9 Å². The van der Waals surface area contributed by atoms with Gasteiger partial charge in [-0.25, -0.2) is 8.78 Å². The number of thioether (sulfide) groups is 1. The van der Waals surface area contributed by atoms with E-state index in [2.05, 4.69) is 0 Å². The van der Waals surface area contributed by atoms with Crippen LogP contribution in [0.15, 0.2) is 18.2 Å². The van der Waals surface area contributed by atoms with Crippen LogP contribution in [0.25, 0.3) is 0 Å². The van der Waals surface area contributed by atoms with E-state index < -0.39 is 17.6 Å². The maximum absolute atomic E-state index is 13.2. The minimum Gasteiger partial charge on any atom is -0.481 e. The van der Waals surface area contributed by atoms with E-state index >= 15 is 0 Å². The molecule has 0 aliphatic carbocycles. The lowest BCUT2D eigenvalue weighted by Crippen LogP contribution is -2.06. The summed E-state index contributed by atoms with van der Waals surface area (Å²) in [7, 11) is 0. The predicted molar refractivity (Wildman–Crippen MR) is 59.4 cm³/mol. The molecule has 2 nitrogen and oxygen atoms in total. The maximum atomic E-state index is 13.2. The minimum atomic E-state index is -0.875. The van der Waals surface area contributed by atoms with Crippen LogP contribution in [0.3, 0.4) is 0 Å². The highest BCUT2D eigenvalue weighted by atomic mass is 32.2. The summed E-state index contributed by atoms with van der Waals surface area (Å²) in [6, 6.07) is 3.41. The zero-order chi connectivity index (χ0) is 12.1. The average molecular weight is 246 g/mol. The minimum absolute atomic E-state index is 0.0352. The van der Waals surface area contributed by atoms with Gasteiger partial charge >= 0.3 is 5.97 Å². The Morgan fingerprint density at radius 2 is 2.19 bits per heavy atom. The summed E-state index contributed by atoms with van der Waals surface area (Å²) >= 11 is 1.33. The summed E-state index contributed by atoms with van der Waals surface area (Å²) in [4.78, 5) is 10.4. The van der Waals surface area contributed by atoms with Gasteiger partial charge in [0, 0.05) is 17.1 Å². The first-order chi connectivity index (χ1) is 7.49. The molecule has 0 aromatic heterocycles. The van der Waals surface area contributed by atoms with Crippen LogP contribution in [0, 0.1) is 11.6 Å². The molecule has 0 aliphatic rings. The van der Waals surface area contributed by atoms with Gasteiger partial charge in [0.05, 0.1) is 6.42 Å². The van der Waals surface area contributed by atoms with Gasteiger partial charge in [0.25, 0.3) is 0 Å². The van der Waals surface area contributed by atoms with Crippen molar-refractivity contribution >= 4 is 17.7 Å². The molecular weight excluding hydrogens is 234 g/mol. The van der Waals surface area contributed by atoms with Gasteiger partial charge in [-0.1, -0.05) is 13.0 Å². The first kappa shape index (κ1) is 13.0. The summed E-state index contributed by atoms with van der Waals surface area (Å²) in [6.45, 7) is 1.76. The van der Waals surface area contributed by atoms with Crippen molar-refractivity contribution in [2.24, 2.45) is 0 Å². The van der Waals surface area contributed by atoms with Crippen molar-refractivity contribution in [3.8, 4) is 0 Å². The average Bonchev–Trinajstić information content (AvgIpc) is 2.15. The Labute approximate surface area is 96.7 Å². The molecule has 1 N–H and O–H groups in total. The van der Waals surface area contributed by atoms with E-state index in [9.17, 15) is 13.6 Å². The number of carboxylic acids is 1. The van der Waals surface area contributed by atoms with Gasteiger partial charge in [0.2, 0.25) is 0 Å². The van der Waals surface area contributed by atoms with Crippen LogP contribution in [0.5, 0.6) is 0 Å². The Morgan fingerprint density at radius 3 is 2.75 bits per heavy atom. The molecule has 1 aromatic rings. The first-order valence-electron chi connectivity index (χ1n) is 4.76. The topological polar surface area (TPSA) is 37.3 Å². The molecule has 0 radical (unpaired) electrons. The molecular formula is C11H12F2O2S. The second kappa shape index (κ2) is 5.84. The van der Waals surface area contributed by atoms with Crippen molar-refractivity contribution in [3.05, 3.63) is 35.4 Å². The maximum Gasteiger partial charge on any atom is 0.304 e. The molecule has 5 heteroatoms. The number of aliphatic carboxylic acids is 1. The molecule has 1 atom stereocenters. The molecule has 1 rings (SSSR count). The molecule has 0 fully saturated rings. The van der Waals surface area contributed by atoms with E-state index in [0.717, 1.165) is 6.07 Å². The quantitative estimate of drug-likeness (QED) is 0.867. The number of hydrogen-bond acceptors (Lipinski definition) is 2. The molecule has 0 saturated carbocycles. The van der Waals surface area contributed by atoms with E-state index in [1.807, 2.05) is 0 Å². The van der Waals surface area contributed by atoms with Crippen molar-refractivity contribution < 1.29 is 18.7 Å². The van der Waals surface area contributed by atoms with Gasteiger partial charge in [-0.05, 0) is 11.6 Å². The Balaban J connectivity index is 2.51. The number of hydrogen-bond donors (Lipinski definition) is 1. The normalized spacial score (nSPS) is 12.4. The SMILES string of the molecule is CC(CC(=O)O)SCc1ccc(F)cc1F.